The molecule has 1 aromatic carbocycles. The number of aromatic nitrogens is 3. The summed E-state index contributed by atoms with van der Waals surface area (Å²) < 4.78 is 5.40. The maximum atomic E-state index is 5.67. The molecule has 102 valence electrons. The first-order valence-electron chi connectivity index (χ1n) is 6.39. The first kappa shape index (κ1) is 12.6. The summed E-state index contributed by atoms with van der Waals surface area (Å²) in [7, 11) is 0. The van der Waals surface area contributed by atoms with Gasteiger partial charge in [0.05, 0.1) is 11.6 Å². The lowest BCUT2D eigenvalue weighted by molar-refractivity contribution is 0.472. The number of fused-ring (bicyclic) bond motifs is 1. The first-order valence-corrected chi connectivity index (χ1v) is 6.39. The number of anilines is 1. The van der Waals surface area contributed by atoms with Crippen LogP contribution < -0.4 is 11.1 Å². The molecule has 0 aliphatic rings. The van der Waals surface area contributed by atoms with Crippen molar-refractivity contribution in [2.24, 2.45) is 5.73 Å². The maximum absolute atomic E-state index is 5.67. The summed E-state index contributed by atoms with van der Waals surface area (Å²) in [4.78, 5) is 4.40. The van der Waals surface area contributed by atoms with E-state index in [9.17, 15) is 0 Å². The number of rotatable bonds is 4. The van der Waals surface area contributed by atoms with Crippen LogP contribution in [0.2, 0.25) is 0 Å². The van der Waals surface area contributed by atoms with Gasteiger partial charge in [-0.15, -0.1) is 5.10 Å². The van der Waals surface area contributed by atoms with Gasteiger partial charge in [0.1, 0.15) is 0 Å². The number of nitrogens with one attached hydrogen (secondary N) is 1. The molecular formula is C14H15N5O. The summed E-state index contributed by atoms with van der Waals surface area (Å²) in [5.41, 5.74) is 7.71. The van der Waals surface area contributed by atoms with Crippen LogP contribution in [0.1, 0.15) is 24.4 Å². The number of para-hydroxylation sites is 1. The number of benzene rings is 1. The zero-order chi connectivity index (χ0) is 13.9. The largest absolute Gasteiger partial charge is 0.406 e. The van der Waals surface area contributed by atoms with Crippen molar-refractivity contribution in [2.75, 3.05) is 5.32 Å². The Morgan fingerprint density at radius 1 is 1.25 bits per heavy atom. The van der Waals surface area contributed by atoms with Crippen molar-refractivity contribution in [1.82, 2.24) is 15.2 Å². The summed E-state index contributed by atoms with van der Waals surface area (Å²) in [6, 6.07) is 10.1. The van der Waals surface area contributed by atoms with Crippen LogP contribution in [0.5, 0.6) is 0 Å². The highest BCUT2D eigenvalue weighted by Crippen LogP contribution is 2.18. The summed E-state index contributed by atoms with van der Waals surface area (Å²) in [6.45, 7) is 2.36. The van der Waals surface area contributed by atoms with Crippen LogP contribution in [-0.4, -0.2) is 15.2 Å². The Hall–Kier alpha value is -2.47. The topological polar surface area (TPSA) is 89.9 Å². The Kier molecular flexibility index (Phi) is 3.30. The molecule has 6 nitrogen and oxygen atoms in total. The van der Waals surface area contributed by atoms with Crippen LogP contribution in [0.3, 0.4) is 0 Å². The fourth-order valence-corrected chi connectivity index (χ4v) is 1.97. The van der Waals surface area contributed by atoms with Crippen molar-refractivity contribution in [2.45, 2.75) is 19.5 Å². The van der Waals surface area contributed by atoms with E-state index in [2.05, 4.69) is 20.5 Å². The molecule has 0 aliphatic carbocycles. The molecule has 0 fully saturated rings. The van der Waals surface area contributed by atoms with E-state index in [4.69, 9.17) is 10.2 Å². The van der Waals surface area contributed by atoms with Gasteiger partial charge in [0.2, 0.25) is 5.89 Å². The van der Waals surface area contributed by atoms with Gasteiger partial charge in [0.15, 0.2) is 0 Å². The van der Waals surface area contributed by atoms with E-state index in [0.717, 1.165) is 16.5 Å². The Bertz CT molecular complexity index is 717. The van der Waals surface area contributed by atoms with Crippen molar-refractivity contribution >= 4 is 16.9 Å². The Morgan fingerprint density at radius 2 is 2.10 bits per heavy atom. The lowest BCUT2D eigenvalue weighted by Gasteiger charge is -2.05. The first-order chi connectivity index (χ1) is 9.74. The maximum Gasteiger partial charge on any atom is 0.315 e. The minimum Gasteiger partial charge on any atom is -0.406 e. The molecule has 0 saturated heterocycles. The second-order valence-corrected chi connectivity index (χ2v) is 4.58. The van der Waals surface area contributed by atoms with Crippen molar-refractivity contribution in [3.05, 3.63) is 48.0 Å². The zero-order valence-electron chi connectivity index (χ0n) is 11.1. The molecule has 1 unspecified atom stereocenters. The third-order valence-corrected chi connectivity index (χ3v) is 2.98. The normalized spacial score (nSPS) is 12.5. The van der Waals surface area contributed by atoms with Gasteiger partial charge in [-0.3, -0.25) is 4.98 Å². The number of hydrogen-bond donors (Lipinski definition) is 2. The molecule has 0 saturated carbocycles. The lowest BCUT2D eigenvalue weighted by atomic mass is 10.1. The quantitative estimate of drug-likeness (QED) is 0.755. The highest BCUT2D eigenvalue weighted by molar-refractivity contribution is 5.81. The summed E-state index contributed by atoms with van der Waals surface area (Å²) >= 11 is 0. The van der Waals surface area contributed by atoms with Gasteiger partial charge < -0.3 is 15.5 Å². The summed E-state index contributed by atoms with van der Waals surface area (Å²) in [6.07, 6.45) is 1.78. The molecule has 3 aromatic rings. The van der Waals surface area contributed by atoms with Crippen molar-refractivity contribution in [3.63, 3.8) is 0 Å². The molecule has 2 heterocycles. The van der Waals surface area contributed by atoms with Crippen LogP contribution in [0.4, 0.5) is 6.01 Å². The molecule has 0 spiro atoms. The van der Waals surface area contributed by atoms with Crippen LogP contribution in [0, 0.1) is 0 Å². The molecule has 1 atom stereocenters. The van der Waals surface area contributed by atoms with Gasteiger partial charge in [-0.25, -0.2) is 0 Å². The zero-order valence-corrected chi connectivity index (χ0v) is 11.1. The molecule has 0 amide bonds. The highest BCUT2D eigenvalue weighted by Gasteiger charge is 2.10. The molecule has 2 aromatic heterocycles. The Labute approximate surface area is 116 Å². The smallest absolute Gasteiger partial charge is 0.315 e. The summed E-state index contributed by atoms with van der Waals surface area (Å²) in [5, 5.41) is 12.0. The molecule has 3 N–H and O–H groups in total. The van der Waals surface area contributed by atoms with E-state index in [1.807, 2.05) is 30.3 Å². The van der Waals surface area contributed by atoms with Gasteiger partial charge in [-0.05, 0) is 18.6 Å². The fraction of sp³-hybridized carbons (Fsp3) is 0.214. The predicted octanol–water partition coefficient (Wildman–Crippen LogP) is 2.25. The van der Waals surface area contributed by atoms with E-state index in [-0.39, 0.29) is 6.04 Å². The van der Waals surface area contributed by atoms with Crippen LogP contribution in [0.15, 0.2) is 40.9 Å². The Balaban J connectivity index is 1.79. The summed E-state index contributed by atoms with van der Waals surface area (Å²) in [5.74, 6) is 0.420. The molecular weight excluding hydrogens is 254 g/mol. The number of nitrogens with zero attached hydrogens (tertiary/aromatic N) is 3. The number of hydrogen-bond acceptors (Lipinski definition) is 6. The Morgan fingerprint density at radius 3 is 2.90 bits per heavy atom. The van der Waals surface area contributed by atoms with E-state index >= 15 is 0 Å². The minimum absolute atomic E-state index is 0.266. The second-order valence-electron chi connectivity index (χ2n) is 4.58. The van der Waals surface area contributed by atoms with E-state index in [1.54, 1.807) is 13.1 Å². The van der Waals surface area contributed by atoms with Crippen LogP contribution >= 0.6 is 0 Å². The predicted molar refractivity (Wildman–Crippen MR) is 76.0 cm³/mol. The lowest BCUT2D eigenvalue weighted by Crippen LogP contribution is -2.04. The number of nitrogens with two attached hydrogens (primary N) is 1. The van der Waals surface area contributed by atoms with E-state index < -0.39 is 0 Å². The molecule has 6 heteroatoms. The second kappa shape index (κ2) is 5.26. The van der Waals surface area contributed by atoms with Gasteiger partial charge in [0.25, 0.3) is 0 Å². The fourth-order valence-electron chi connectivity index (χ4n) is 1.97. The monoisotopic (exact) mass is 269 g/mol. The molecule has 0 aliphatic heterocycles. The van der Waals surface area contributed by atoms with E-state index in [0.29, 0.717) is 18.5 Å². The van der Waals surface area contributed by atoms with Gasteiger partial charge in [-0.1, -0.05) is 29.4 Å². The molecule has 0 bridgehead atoms. The van der Waals surface area contributed by atoms with Crippen molar-refractivity contribution in [1.29, 1.82) is 0 Å². The highest BCUT2D eigenvalue weighted by atomic mass is 16.4. The SMILES string of the molecule is CC(N)c1nnc(NCc2cccc3cccnc23)o1. The third-order valence-electron chi connectivity index (χ3n) is 2.98. The van der Waals surface area contributed by atoms with Gasteiger partial charge in [0, 0.05) is 18.1 Å². The third kappa shape index (κ3) is 2.46. The molecule has 3 rings (SSSR count). The molecule has 20 heavy (non-hydrogen) atoms. The van der Waals surface area contributed by atoms with Gasteiger partial charge >= 0.3 is 6.01 Å². The standard InChI is InChI=1S/C14H15N5O/c1-9(15)13-18-19-14(20-13)17-8-11-5-2-4-10-6-3-7-16-12(10)11/h2-7,9H,8,15H2,1H3,(H,17,19). The van der Waals surface area contributed by atoms with Gasteiger partial charge in [-0.2, -0.15) is 0 Å². The van der Waals surface area contributed by atoms with Crippen molar-refractivity contribution < 1.29 is 4.42 Å². The van der Waals surface area contributed by atoms with Crippen molar-refractivity contribution in [3.8, 4) is 0 Å². The van der Waals surface area contributed by atoms with Crippen LogP contribution in [0.25, 0.3) is 10.9 Å². The van der Waals surface area contributed by atoms with Crippen LogP contribution in [-0.2, 0) is 6.54 Å². The molecule has 0 radical (unpaired) electrons. The minimum atomic E-state index is -0.266. The van der Waals surface area contributed by atoms with E-state index in [1.165, 1.54) is 0 Å². The number of pyridine rings is 1. The average molecular weight is 269 g/mol. The average Bonchev–Trinajstić information content (AvgIpc) is 2.94.